The van der Waals surface area contributed by atoms with E-state index in [-0.39, 0.29) is 0 Å². The second-order valence-electron chi connectivity index (χ2n) is 6.72. The Morgan fingerprint density at radius 1 is 1.00 bits per heavy atom. The number of aryl methyl sites for hydroxylation is 1. The normalized spacial score (nSPS) is 12.7. The van der Waals surface area contributed by atoms with Crippen LogP contribution >= 0.6 is 0 Å². The molecule has 0 N–H and O–H groups in total. The van der Waals surface area contributed by atoms with E-state index in [0.29, 0.717) is 0 Å². The van der Waals surface area contributed by atoms with Crippen molar-refractivity contribution in [2.24, 2.45) is 7.05 Å². The number of hydrogen-bond donors (Lipinski definition) is 0. The Morgan fingerprint density at radius 3 is 2.77 bits per heavy atom. The summed E-state index contributed by atoms with van der Waals surface area (Å²) in [6.45, 7) is 0.840. The van der Waals surface area contributed by atoms with E-state index in [1.807, 2.05) is 24.7 Å². The SMILES string of the molecule is Cn1c2cnccc2c2c1[n+]1c(n2-c2ccccc2)-c2ncccc2C1. The second-order valence-corrected chi connectivity index (χ2v) is 6.72. The van der Waals surface area contributed by atoms with E-state index < -0.39 is 0 Å². The van der Waals surface area contributed by atoms with Crippen LogP contribution in [0.15, 0.2) is 67.1 Å². The molecule has 5 nitrogen and oxygen atoms in total. The summed E-state index contributed by atoms with van der Waals surface area (Å²) in [7, 11) is 2.12. The first-order valence-corrected chi connectivity index (χ1v) is 8.71. The van der Waals surface area contributed by atoms with Gasteiger partial charge in [0.25, 0.3) is 11.5 Å². The van der Waals surface area contributed by atoms with Gasteiger partial charge in [-0.25, -0.2) is 14.1 Å². The minimum Gasteiger partial charge on any atom is -0.261 e. The van der Waals surface area contributed by atoms with Crippen LogP contribution in [0, 0.1) is 0 Å². The molecule has 1 aliphatic rings. The predicted molar refractivity (Wildman–Crippen MR) is 100 cm³/mol. The van der Waals surface area contributed by atoms with Gasteiger partial charge in [-0.2, -0.15) is 0 Å². The van der Waals surface area contributed by atoms with E-state index in [0.717, 1.165) is 29.3 Å². The zero-order valence-corrected chi connectivity index (χ0v) is 14.3. The highest BCUT2D eigenvalue weighted by Crippen LogP contribution is 2.36. The minimum absolute atomic E-state index is 0.840. The molecule has 5 aromatic rings. The van der Waals surface area contributed by atoms with Gasteiger partial charge in [0.15, 0.2) is 5.52 Å². The van der Waals surface area contributed by atoms with Crippen molar-refractivity contribution in [1.82, 2.24) is 19.1 Å². The third-order valence-electron chi connectivity index (χ3n) is 5.34. The first-order valence-electron chi connectivity index (χ1n) is 8.71. The molecule has 5 heterocycles. The molecule has 0 amide bonds. The number of hydrogen-bond acceptors (Lipinski definition) is 2. The highest BCUT2D eigenvalue weighted by molar-refractivity contribution is 6.05. The lowest BCUT2D eigenvalue weighted by Gasteiger charge is -2.03. The molecule has 6 rings (SSSR count). The van der Waals surface area contributed by atoms with Gasteiger partial charge in [-0.1, -0.05) is 24.3 Å². The van der Waals surface area contributed by atoms with Crippen LogP contribution in [0.2, 0.25) is 0 Å². The van der Waals surface area contributed by atoms with Gasteiger partial charge in [0.05, 0.1) is 25.2 Å². The fourth-order valence-corrected chi connectivity index (χ4v) is 4.25. The van der Waals surface area contributed by atoms with Gasteiger partial charge in [-0.05, 0) is 24.3 Å². The van der Waals surface area contributed by atoms with Crippen molar-refractivity contribution in [3.8, 4) is 17.2 Å². The standard InChI is InChI=1S/C21H16N5/c1-24-17-12-22-11-9-16(17)19-21(24)25-13-14-6-5-10-23-18(14)20(25)26(19)15-7-3-2-4-8-15/h2-12H,13H2,1H3/q+1. The molecule has 0 saturated carbocycles. The Kier molecular flexibility index (Phi) is 2.54. The van der Waals surface area contributed by atoms with Gasteiger partial charge in [0.2, 0.25) is 0 Å². The number of imidazole rings is 1. The van der Waals surface area contributed by atoms with Crippen LogP contribution in [0.1, 0.15) is 5.56 Å². The summed E-state index contributed by atoms with van der Waals surface area (Å²) in [5.74, 6) is 1.14. The lowest BCUT2D eigenvalue weighted by atomic mass is 10.2. The number of benzene rings is 1. The molecule has 0 bridgehead atoms. The third kappa shape index (κ3) is 1.57. The van der Waals surface area contributed by atoms with Crippen LogP contribution in [0.4, 0.5) is 0 Å². The first-order chi connectivity index (χ1) is 12.8. The number of nitrogens with zero attached hydrogens (tertiary/aromatic N) is 5. The smallest absolute Gasteiger partial charge is 0.261 e. The first kappa shape index (κ1) is 13.8. The molecule has 26 heavy (non-hydrogen) atoms. The van der Waals surface area contributed by atoms with Crippen molar-refractivity contribution in [2.75, 3.05) is 0 Å². The summed E-state index contributed by atoms with van der Waals surface area (Å²) >= 11 is 0. The second kappa shape index (κ2) is 4.79. The van der Waals surface area contributed by atoms with Gasteiger partial charge < -0.3 is 0 Å². The molecule has 0 aliphatic carbocycles. The van der Waals surface area contributed by atoms with Crippen LogP contribution in [-0.2, 0) is 13.6 Å². The zero-order valence-electron chi connectivity index (χ0n) is 14.3. The van der Waals surface area contributed by atoms with E-state index in [1.54, 1.807) is 0 Å². The van der Waals surface area contributed by atoms with E-state index in [1.165, 1.54) is 22.1 Å². The molecule has 0 spiro atoms. The molecule has 1 aliphatic heterocycles. The molecule has 0 unspecified atom stereocenters. The Hall–Kier alpha value is -3.47. The Bertz CT molecular complexity index is 1310. The molecule has 0 radical (unpaired) electrons. The summed E-state index contributed by atoms with van der Waals surface area (Å²) in [5.41, 5.74) is 7.02. The highest BCUT2D eigenvalue weighted by atomic mass is 15.3. The van der Waals surface area contributed by atoms with Gasteiger partial charge >= 0.3 is 0 Å². The number of para-hydroxylation sites is 1. The van der Waals surface area contributed by atoms with E-state index >= 15 is 0 Å². The van der Waals surface area contributed by atoms with Crippen LogP contribution in [0.3, 0.4) is 0 Å². The van der Waals surface area contributed by atoms with Crippen LogP contribution < -0.4 is 4.57 Å². The monoisotopic (exact) mass is 338 g/mol. The van der Waals surface area contributed by atoms with Crippen molar-refractivity contribution in [3.05, 3.63) is 72.7 Å². The molecule has 5 heteroatoms. The molecule has 4 aromatic heterocycles. The molecule has 1 aromatic carbocycles. The topological polar surface area (TPSA) is 39.5 Å². The van der Waals surface area contributed by atoms with Crippen LogP contribution in [0.5, 0.6) is 0 Å². The molecule has 0 atom stereocenters. The van der Waals surface area contributed by atoms with E-state index in [2.05, 4.69) is 68.2 Å². The van der Waals surface area contributed by atoms with Gasteiger partial charge in [0.1, 0.15) is 16.9 Å². The summed E-state index contributed by atoms with van der Waals surface area (Å²) in [6, 6.07) is 16.8. The van der Waals surface area contributed by atoms with Crippen molar-refractivity contribution < 1.29 is 4.57 Å². The van der Waals surface area contributed by atoms with Crippen molar-refractivity contribution in [3.63, 3.8) is 0 Å². The number of rotatable bonds is 1. The van der Waals surface area contributed by atoms with Crippen molar-refractivity contribution in [1.29, 1.82) is 0 Å². The quantitative estimate of drug-likeness (QED) is 0.432. The molecule has 124 valence electrons. The molecule has 0 fully saturated rings. The summed E-state index contributed by atoms with van der Waals surface area (Å²) in [5, 5.41) is 1.21. The number of pyridine rings is 2. The maximum atomic E-state index is 4.71. The molecule has 0 saturated heterocycles. The van der Waals surface area contributed by atoms with Gasteiger partial charge in [-0.15, -0.1) is 0 Å². The maximum absolute atomic E-state index is 4.71. The Labute approximate surface area is 149 Å². The summed E-state index contributed by atoms with van der Waals surface area (Å²) < 4.78 is 6.96. The lowest BCUT2D eigenvalue weighted by molar-refractivity contribution is -0.648. The average molecular weight is 338 g/mol. The van der Waals surface area contributed by atoms with Crippen LogP contribution in [-0.4, -0.2) is 19.1 Å². The zero-order chi connectivity index (χ0) is 17.3. The van der Waals surface area contributed by atoms with Gasteiger partial charge in [0, 0.05) is 18.0 Å². The maximum Gasteiger partial charge on any atom is 0.270 e. The Balaban J connectivity index is 1.87. The lowest BCUT2D eigenvalue weighted by Crippen LogP contribution is -2.33. The average Bonchev–Trinajstić information content (AvgIpc) is 3.31. The molecular formula is C21H16N5+. The molecular weight excluding hydrogens is 322 g/mol. The predicted octanol–water partition coefficient (Wildman–Crippen LogP) is 3.23. The van der Waals surface area contributed by atoms with Gasteiger partial charge in [-0.3, -0.25) is 9.55 Å². The van der Waals surface area contributed by atoms with E-state index in [9.17, 15) is 0 Å². The van der Waals surface area contributed by atoms with Crippen molar-refractivity contribution in [2.45, 2.75) is 6.54 Å². The third-order valence-corrected chi connectivity index (χ3v) is 5.34. The Morgan fingerprint density at radius 2 is 1.88 bits per heavy atom. The fourth-order valence-electron chi connectivity index (χ4n) is 4.25. The largest absolute Gasteiger partial charge is 0.270 e. The fraction of sp³-hybridized carbons (Fsp3) is 0.0952. The summed E-state index contributed by atoms with van der Waals surface area (Å²) in [6.07, 6.45) is 5.69. The summed E-state index contributed by atoms with van der Waals surface area (Å²) in [4.78, 5) is 9.04. The van der Waals surface area contributed by atoms with E-state index in [4.69, 9.17) is 4.98 Å². The number of fused-ring (bicyclic) bond motifs is 7. The highest BCUT2D eigenvalue weighted by Gasteiger charge is 2.37. The van der Waals surface area contributed by atoms with Crippen LogP contribution in [0.25, 0.3) is 39.3 Å². The van der Waals surface area contributed by atoms with Crippen molar-refractivity contribution >= 4 is 22.1 Å². The number of aromatic nitrogens is 5. The minimum atomic E-state index is 0.840.